The van der Waals surface area contributed by atoms with Crippen LogP contribution in [0.25, 0.3) is 11.1 Å². The topological polar surface area (TPSA) is 105 Å². The van der Waals surface area contributed by atoms with E-state index in [4.69, 9.17) is 26.8 Å². The molecule has 1 heterocycles. The predicted octanol–water partition coefficient (Wildman–Crippen LogP) is 3.95. The second-order valence-corrected chi connectivity index (χ2v) is 11.3. The summed E-state index contributed by atoms with van der Waals surface area (Å²) in [5.74, 6) is -0.349. The molecule has 1 aliphatic carbocycles. The smallest absolute Gasteiger partial charge is 0.226 e. The van der Waals surface area contributed by atoms with Crippen LogP contribution < -0.4 is 5.73 Å². The molecular weight excluding hydrogens is 504 g/mol. The number of amides is 1. The maximum absolute atomic E-state index is 13.4. The molecule has 1 aliphatic heterocycles. The average molecular weight is 545 g/mol. The number of benzene rings is 2. The number of ether oxygens (including phenoxy) is 2. The molecule has 1 saturated carbocycles. The van der Waals surface area contributed by atoms with Crippen LogP contribution in [-0.2, 0) is 19.9 Å². The van der Waals surface area contributed by atoms with Gasteiger partial charge in [0.05, 0.1) is 19.3 Å². The van der Waals surface area contributed by atoms with Crippen molar-refractivity contribution in [1.82, 2.24) is 4.90 Å². The molecule has 2 aliphatic rings. The second-order valence-electron chi connectivity index (χ2n) is 10.9. The van der Waals surface area contributed by atoms with Crippen LogP contribution >= 0.6 is 11.6 Å². The van der Waals surface area contributed by atoms with E-state index in [0.29, 0.717) is 56.0 Å². The van der Waals surface area contributed by atoms with E-state index in [1.165, 1.54) is 5.56 Å². The van der Waals surface area contributed by atoms with Gasteiger partial charge in [-0.25, -0.2) is 0 Å². The number of morpholine rings is 1. The lowest BCUT2D eigenvalue weighted by Gasteiger charge is -2.44. The zero-order chi connectivity index (χ0) is 27.4. The number of nitrogens with zero attached hydrogens (tertiary/aromatic N) is 1. The molecule has 2 aromatic carbocycles. The number of carbonyl (C=O) groups excluding carboxylic acids is 1. The van der Waals surface area contributed by atoms with Gasteiger partial charge in [0, 0.05) is 42.8 Å². The van der Waals surface area contributed by atoms with Gasteiger partial charge >= 0.3 is 0 Å². The number of aliphatic hydroxyl groups is 2. The summed E-state index contributed by atoms with van der Waals surface area (Å²) < 4.78 is 11.5. The summed E-state index contributed by atoms with van der Waals surface area (Å²) in [6.07, 6.45) is 1.45. The number of unbranched alkanes of at least 4 members (excludes halogenated alkanes) is 1. The zero-order valence-electron chi connectivity index (χ0n) is 22.7. The molecule has 0 spiro atoms. The van der Waals surface area contributed by atoms with E-state index in [1.54, 1.807) is 12.0 Å². The van der Waals surface area contributed by atoms with Crippen LogP contribution in [0.5, 0.6) is 0 Å². The highest BCUT2D eigenvalue weighted by Gasteiger charge is 2.45. The first kappa shape index (κ1) is 29.0. The van der Waals surface area contributed by atoms with Gasteiger partial charge in [-0.3, -0.25) is 4.79 Å². The van der Waals surface area contributed by atoms with Crippen molar-refractivity contribution in [3.05, 3.63) is 58.1 Å². The summed E-state index contributed by atoms with van der Waals surface area (Å²) in [6, 6.07) is 11.4. The van der Waals surface area contributed by atoms with E-state index < -0.39 is 17.8 Å². The lowest BCUT2D eigenvalue weighted by molar-refractivity contribution is -0.167. The van der Waals surface area contributed by atoms with E-state index >= 15 is 0 Å². The normalized spacial score (nSPS) is 25.4. The van der Waals surface area contributed by atoms with E-state index in [2.05, 4.69) is 26.0 Å². The summed E-state index contributed by atoms with van der Waals surface area (Å²) in [5.41, 5.74) is 9.32. The first-order valence-corrected chi connectivity index (χ1v) is 14.0. The van der Waals surface area contributed by atoms with Gasteiger partial charge in [0.1, 0.15) is 11.7 Å². The number of aliphatic hydroxyl groups excluding tert-OH is 1. The molecule has 2 fully saturated rings. The molecule has 0 aromatic heterocycles. The highest BCUT2D eigenvalue weighted by Crippen LogP contribution is 2.43. The van der Waals surface area contributed by atoms with Crippen molar-refractivity contribution < 1.29 is 24.5 Å². The van der Waals surface area contributed by atoms with Crippen molar-refractivity contribution in [2.24, 2.45) is 11.7 Å². The Bertz CT molecular complexity index is 1120. The molecule has 4 rings (SSSR count). The number of hydrogen-bond donors (Lipinski definition) is 3. The van der Waals surface area contributed by atoms with Gasteiger partial charge in [0.2, 0.25) is 5.91 Å². The fourth-order valence-electron chi connectivity index (χ4n) is 5.83. The molecule has 8 heteroatoms. The molecule has 5 atom stereocenters. The van der Waals surface area contributed by atoms with E-state index in [9.17, 15) is 15.0 Å². The number of nitrogens with two attached hydrogens (primary N) is 1. The quantitative estimate of drug-likeness (QED) is 0.413. The van der Waals surface area contributed by atoms with Gasteiger partial charge in [-0.2, -0.15) is 0 Å². The van der Waals surface area contributed by atoms with Crippen LogP contribution in [0.4, 0.5) is 0 Å². The Labute approximate surface area is 230 Å². The van der Waals surface area contributed by atoms with Crippen molar-refractivity contribution in [2.75, 3.05) is 33.4 Å². The van der Waals surface area contributed by atoms with Crippen LogP contribution in [0.3, 0.4) is 0 Å². The molecule has 4 N–H and O–H groups in total. The highest BCUT2D eigenvalue weighted by molar-refractivity contribution is 6.33. The van der Waals surface area contributed by atoms with Crippen LogP contribution in [0.2, 0.25) is 5.02 Å². The minimum atomic E-state index is -1.39. The summed E-state index contributed by atoms with van der Waals surface area (Å²) in [4.78, 5) is 15.2. The summed E-state index contributed by atoms with van der Waals surface area (Å²) in [5, 5.41) is 23.2. The average Bonchev–Trinajstić information content (AvgIpc) is 3.25. The first-order valence-electron chi connectivity index (χ1n) is 13.6. The largest absolute Gasteiger partial charge is 0.391 e. The predicted molar refractivity (Wildman–Crippen MR) is 149 cm³/mol. The van der Waals surface area contributed by atoms with Crippen molar-refractivity contribution in [1.29, 1.82) is 0 Å². The Balaban J connectivity index is 1.69. The zero-order valence-corrected chi connectivity index (χ0v) is 23.4. The van der Waals surface area contributed by atoms with Crippen LogP contribution in [0, 0.1) is 19.8 Å². The number of methoxy groups -OCH3 is 1. The van der Waals surface area contributed by atoms with Crippen molar-refractivity contribution in [3.63, 3.8) is 0 Å². The third kappa shape index (κ3) is 6.09. The number of aryl methyl sites for hydroxylation is 2. The maximum Gasteiger partial charge on any atom is 0.226 e. The van der Waals surface area contributed by atoms with Gasteiger partial charge < -0.3 is 30.3 Å². The molecule has 0 radical (unpaired) electrons. The van der Waals surface area contributed by atoms with Gasteiger partial charge in [0.15, 0.2) is 0 Å². The van der Waals surface area contributed by atoms with Gasteiger partial charge in [-0.1, -0.05) is 41.9 Å². The number of halogens is 1. The molecule has 1 unspecified atom stereocenters. The van der Waals surface area contributed by atoms with E-state index in [1.807, 2.05) is 24.3 Å². The lowest BCUT2D eigenvalue weighted by Crippen LogP contribution is -2.55. The van der Waals surface area contributed by atoms with Gasteiger partial charge in [-0.15, -0.1) is 0 Å². The number of rotatable bonds is 9. The molecule has 1 amide bonds. The Hall–Kier alpha value is -2.00. The molecule has 0 bridgehead atoms. The summed E-state index contributed by atoms with van der Waals surface area (Å²) in [6.45, 7) is 5.73. The third-order valence-electron chi connectivity index (χ3n) is 8.27. The Kier molecular flexibility index (Phi) is 9.50. The molecule has 208 valence electrons. The molecular formula is C30H41ClN2O5. The monoisotopic (exact) mass is 544 g/mol. The van der Waals surface area contributed by atoms with Crippen molar-refractivity contribution in [3.8, 4) is 11.1 Å². The number of carbonyl (C=O) groups is 1. The van der Waals surface area contributed by atoms with Crippen LogP contribution in [0.15, 0.2) is 36.4 Å². The fourth-order valence-corrected chi connectivity index (χ4v) is 6.12. The molecule has 7 nitrogen and oxygen atoms in total. The minimum absolute atomic E-state index is 0.0347. The van der Waals surface area contributed by atoms with Crippen LogP contribution in [0.1, 0.15) is 48.8 Å². The fraction of sp³-hybridized carbons (Fsp3) is 0.567. The molecule has 1 saturated heterocycles. The van der Waals surface area contributed by atoms with E-state index in [0.717, 1.165) is 23.1 Å². The van der Waals surface area contributed by atoms with Crippen molar-refractivity contribution in [2.45, 2.75) is 69.8 Å². The number of hydrogen-bond acceptors (Lipinski definition) is 6. The Morgan fingerprint density at radius 2 is 2.00 bits per heavy atom. The van der Waals surface area contributed by atoms with Gasteiger partial charge in [-0.05, 0) is 74.3 Å². The molecule has 2 aromatic rings. The highest BCUT2D eigenvalue weighted by atomic mass is 35.5. The standard InChI is InChI=1S/C30H41ClN2O5/c1-19-9-10-21(15-20(19)2)28-23(7-6-8-24(28)31)30(36,11-4-5-13-37-3)27-18-33(12-14-38-27)29(35)22-16-25(32)26(34)17-22/h6-10,15,22,25-27,34,36H,4-5,11-14,16-18,32H2,1-3H3/t22-,25+,26-,27?,30+/m0/s1. The minimum Gasteiger partial charge on any atom is -0.391 e. The second kappa shape index (κ2) is 12.5. The SMILES string of the molecule is COCCCC[C@@](O)(c1cccc(Cl)c1-c1ccc(C)c(C)c1)C1CN(C(=O)[C@H]2C[C@@H](N)[C@@H](O)C2)CCO1. The Morgan fingerprint density at radius 1 is 1.21 bits per heavy atom. The first-order chi connectivity index (χ1) is 18.2. The third-order valence-corrected chi connectivity index (χ3v) is 8.58. The van der Waals surface area contributed by atoms with Crippen molar-refractivity contribution >= 4 is 17.5 Å². The lowest BCUT2D eigenvalue weighted by atomic mass is 9.78. The van der Waals surface area contributed by atoms with Gasteiger partial charge in [0.25, 0.3) is 0 Å². The Morgan fingerprint density at radius 3 is 2.68 bits per heavy atom. The summed E-state index contributed by atoms with van der Waals surface area (Å²) in [7, 11) is 1.67. The summed E-state index contributed by atoms with van der Waals surface area (Å²) >= 11 is 6.81. The van der Waals surface area contributed by atoms with Crippen LogP contribution in [-0.4, -0.2) is 72.7 Å². The molecule has 38 heavy (non-hydrogen) atoms. The maximum atomic E-state index is 13.4. The van der Waals surface area contributed by atoms with E-state index in [-0.39, 0.29) is 24.4 Å².